The number of hydrogen-bond donors (Lipinski definition) is 2. The van der Waals surface area contributed by atoms with Crippen LogP contribution in [0.1, 0.15) is 18.9 Å². The highest BCUT2D eigenvalue weighted by Gasteiger charge is 2.24. The summed E-state index contributed by atoms with van der Waals surface area (Å²) in [5.74, 6) is -1.85. The molecule has 0 spiro atoms. The van der Waals surface area contributed by atoms with Crippen molar-refractivity contribution in [2.45, 2.75) is 25.8 Å². The zero-order chi connectivity index (χ0) is 16.6. The van der Waals surface area contributed by atoms with Crippen LogP contribution in [-0.2, 0) is 30.9 Å². The molecule has 1 aromatic rings. The predicted octanol–water partition coefficient (Wildman–Crippen LogP) is -0.0501. The lowest BCUT2D eigenvalue weighted by atomic mass is 10.1. The number of pyridine rings is 1. The minimum Gasteiger partial charge on any atom is -0.464 e. The molecule has 0 aliphatic rings. The van der Waals surface area contributed by atoms with Crippen molar-refractivity contribution in [3.8, 4) is 0 Å². The highest BCUT2D eigenvalue weighted by molar-refractivity contribution is 7.85. The van der Waals surface area contributed by atoms with Gasteiger partial charge in [-0.2, -0.15) is 8.42 Å². The maximum Gasteiger partial charge on any atom is 0.328 e. The normalized spacial score (nSPS) is 12.5. The Labute approximate surface area is 128 Å². The van der Waals surface area contributed by atoms with E-state index in [4.69, 9.17) is 9.29 Å². The third-order valence-corrected chi connectivity index (χ3v) is 3.44. The molecule has 1 rings (SSSR count). The maximum atomic E-state index is 11.9. The van der Waals surface area contributed by atoms with Gasteiger partial charge in [-0.25, -0.2) is 4.79 Å². The van der Waals surface area contributed by atoms with Crippen LogP contribution in [-0.4, -0.2) is 48.2 Å². The molecular formula is C13H18N2O6S. The van der Waals surface area contributed by atoms with Crippen LogP contribution in [0.5, 0.6) is 0 Å². The standard InChI is InChI=1S/C13H18N2O6S/c1-2-21-13(17)11(5-8-22(18,19)20)15-12(16)9-10-3-6-14-7-4-10/h3-4,6-7,11H,2,5,8-9H2,1H3,(H,15,16)(H,18,19,20)/t11-/m0/s1. The summed E-state index contributed by atoms with van der Waals surface area (Å²) < 4.78 is 35.1. The van der Waals surface area contributed by atoms with E-state index in [1.165, 1.54) is 12.4 Å². The number of ether oxygens (including phenoxy) is 1. The van der Waals surface area contributed by atoms with E-state index in [0.717, 1.165) is 0 Å². The fourth-order valence-electron chi connectivity index (χ4n) is 1.69. The Bertz CT molecular complexity index is 602. The molecule has 0 unspecified atom stereocenters. The van der Waals surface area contributed by atoms with Crippen molar-refractivity contribution in [1.82, 2.24) is 10.3 Å². The van der Waals surface area contributed by atoms with Crippen LogP contribution in [0.25, 0.3) is 0 Å². The fraction of sp³-hybridized carbons (Fsp3) is 0.462. The lowest BCUT2D eigenvalue weighted by Gasteiger charge is -2.16. The smallest absolute Gasteiger partial charge is 0.328 e. The number of rotatable bonds is 8. The number of carbonyl (C=O) groups is 2. The molecule has 1 amide bonds. The summed E-state index contributed by atoms with van der Waals surface area (Å²) in [6.45, 7) is 1.69. The maximum absolute atomic E-state index is 11.9. The number of nitrogens with one attached hydrogen (secondary N) is 1. The molecule has 9 heteroatoms. The van der Waals surface area contributed by atoms with E-state index in [0.29, 0.717) is 5.56 Å². The molecule has 2 N–H and O–H groups in total. The Hall–Kier alpha value is -2.00. The topological polar surface area (TPSA) is 123 Å². The lowest BCUT2D eigenvalue weighted by molar-refractivity contribution is -0.147. The minimum atomic E-state index is -4.23. The van der Waals surface area contributed by atoms with Gasteiger partial charge in [0, 0.05) is 12.4 Å². The van der Waals surface area contributed by atoms with Gasteiger partial charge < -0.3 is 10.1 Å². The van der Waals surface area contributed by atoms with Gasteiger partial charge in [-0.3, -0.25) is 14.3 Å². The van der Waals surface area contributed by atoms with Crippen LogP contribution in [0, 0.1) is 0 Å². The van der Waals surface area contributed by atoms with Gasteiger partial charge in [0.2, 0.25) is 5.91 Å². The molecule has 0 aromatic carbocycles. The van der Waals surface area contributed by atoms with Crippen LogP contribution in [0.2, 0.25) is 0 Å². The molecule has 0 saturated carbocycles. The second-order valence-corrected chi connectivity index (χ2v) is 6.05. The van der Waals surface area contributed by atoms with E-state index in [2.05, 4.69) is 10.3 Å². The van der Waals surface area contributed by atoms with Gasteiger partial charge in [-0.15, -0.1) is 0 Å². The number of hydrogen-bond acceptors (Lipinski definition) is 6. The first-order valence-corrected chi connectivity index (χ1v) is 8.23. The van der Waals surface area contributed by atoms with Crippen molar-refractivity contribution < 1.29 is 27.3 Å². The Morgan fingerprint density at radius 2 is 2.00 bits per heavy atom. The van der Waals surface area contributed by atoms with Crippen molar-refractivity contribution in [1.29, 1.82) is 0 Å². The van der Waals surface area contributed by atoms with E-state index in [1.807, 2.05) is 0 Å². The Balaban J connectivity index is 2.66. The molecule has 0 aliphatic carbocycles. The van der Waals surface area contributed by atoms with Crippen molar-refractivity contribution in [2.24, 2.45) is 0 Å². The average molecular weight is 330 g/mol. The van der Waals surface area contributed by atoms with E-state index in [1.54, 1.807) is 19.1 Å². The molecule has 0 bridgehead atoms. The second kappa shape index (κ2) is 8.44. The summed E-state index contributed by atoms with van der Waals surface area (Å²) in [6, 6.07) is 2.17. The molecule has 1 atom stereocenters. The number of amides is 1. The van der Waals surface area contributed by atoms with E-state index < -0.39 is 33.8 Å². The number of aromatic nitrogens is 1. The quantitative estimate of drug-likeness (QED) is 0.506. The molecule has 22 heavy (non-hydrogen) atoms. The summed E-state index contributed by atoms with van der Waals surface area (Å²) in [5.41, 5.74) is 0.699. The Morgan fingerprint density at radius 3 is 2.55 bits per heavy atom. The largest absolute Gasteiger partial charge is 0.464 e. The highest BCUT2D eigenvalue weighted by Crippen LogP contribution is 2.02. The third kappa shape index (κ3) is 7.14. The monoisotopic (exact) mass is 330 g/mol. The highest BCUT2D eigenvalue weighted by atomic mass is 32.2. The zero-order valence-electron chi connectivity index (χ0n) is 12.1. The molecule has 8 nitrogen and oxygen atoms in total. The van der Waals surface area contributed by atoms with Crippen LogP contribution < -0.4 is 5.32 Å². The van der Waals surface area contributed by atoms with Crippen molar-refractivity contribution in [3.05, 3.63) is 30.1 Å². The summed E-state index contributed by atoms with van der Waals surface area (Å²) in [6.07, 6.45) is 2.82. The number of carbonyl (C=O) groups excluding carboxylic acids is 2. The first-order chi connectivity index (χ1) is 10.3. The van der Waals surface area contributed by atoms with Crippen molar-refractivity contribution in [3.63, 3.8) is 0 Å². The average Bonchev–Trinajstić information content (AvgIpc) is 2.43. The van der Waals surface area contributed by atoms with Crippen LogP contribution in [0.15, 0.2) is 24.5 Å². The molecule has 1 heterocycles. The molecule has 0 radical (unpaired) electrons. The van der Waals surface area contributed by atoms with Gasteiger partial charge in [0.05, 0.1) is 18.8 Å². The van der Waals surface area contributed by atoms with Gasteiger partial charge in [0.25, 0.3) is 10.1 Å². The summed E-state index contributed by atoms with van der Waals surface area (Å²) in [4.78, 5) is 27.5. The van der Waals surface area contributed by atoms with Gasteiger partial charge in [-0.05, 0) is 31.0 Å². The van der Waals surface area contributed by atoms with Crippen LogP contribution in [0.4, 0.5) is 0 Å². The lowest BCUT2D eigenvalue weighted by Crippen LogP contribution is -2.43. The van der Waals surface area contributed by atoms with Crippen molar-refractivity contribution in [2.75, 3.05) is 12.4 Å². The first kappa shape index (κ1) is 18.1. The molecule has 1 aromatic heterocycles. The second-order valence-electron chi connectivity index (χ2n) is 4.48. The van der Waals surface area contributed by atoms with Gasteiger partial charge in [0.1, 0.15) is 6.04 Å². The minimum absolute atomic E-state index is 0.0182. The summed E-state index contributed by atoms with van der Waals surface area (Å²) >= 11 is 0. The van der Waals surface area contributed by atoms with Gasteiger partial charge in [-0.1, -0.05) is 0 Å². The molecule has 0 saturated heterocycles. The predicted molar refractivity (Wildman–Crippen MR) is 77.5 cm³/mol. The SMILES string of the molecule is CCOC(=O)[C@H](CCS(=O)(=O)O)NC(=O)Cc1ccncc1. The van der Waals surface area contributed by atoms with E-state index in [9.17, 15) is 18.0 Å². The van der Waals surface area contributed by atoms with Crippen LogP contribution >= 0.6 is 0 Å². The molecule has 122 valence electrons. The summed E-state index contributed by atoms with van der Waals surface area (Å²) in [5, 5.41) is 2.41. The number of nitrogens with zero attached hydrogens (tertiary/aromatic N) is 1. The Morgan fingerprint density at radius 1 is 1.36 bits per heavy atom. The van der Waals surface area contributed by atoms with E-state index in [-0.39, 0.29) is 19.4 Å². The van der Waals surface area contributed by atoms with Gasteiger partial charge in [0.15, 0.2) is 0 Å². The molecular weight excluding hydrogens is 312 g/mol. The molecule has 0 fully saturated rings. The molecule has 0 aliphatic heterocycles. The Kier molecular flexibility index (Phi) is 6.93. The fourth-order valence-corrected chi connectivity index (χ4v) is 2.22. The van der Waals surface area contributed by atoms with E-state index >= 15 is 0 Å². The van der Waals surface area contributed by atoms with Crippen molar-refractivity contribution >= 4 is 22.0 Å². The first-order valence-electron chi connectivity index (χ1n) is 6.62. The zero-order valence-corrected chi connectivity index (χ0v) is 12.9. The number of esters is 1. The third-order valence-electron chi connectivity index (χ3n) is 2.68. The van der Waals surface area contributed by atoms with Crippen LogP contribution in [0.3, 0.4) is 0 Å². The summed E-state index contributed by atoms with van der Waals surface area (Å²) in [7, 11) is -4.23. The van der Waals surface area contributed by atoms with Gasteiger partial charge >= 0.3 is 5.97 Å².